The van der Waals surface area contributed by atoms with Gasteiger partial charge in [0.25, 0.3) is 5.91 Å². The largest absolute Gasteiger partial charge is 0.467 e. The molecule has 0 saturated carbocycles. The van der Waals surface area contributed by atoms with Crippen molar-refractivity contribution in [3.8, 4) is 0 Å². The Morgan fingerprint density at radius 1 is 0.879 bits per heavy atom. The average Bonchev–Trinajstić information content (AvgIpc) is 2.77. The molecule has 0 aliphatic heterocycles. The molecule has 6 nitrogen and oxygen atoms in total. The van der Waals surface area contributed by atoms with Gasteiger partial charge in [0.2, 0.25) is 5.91 Å². The van der Waals surface area contributed by atoms with Gasteiger partial charge in [0, 0.05) is 12.0 Å². The van der Waals surface area contributed by atoms with E-state index in [9.17, 15) is 14.4 Å². The quantitative estimate of drug-likeness (QED) is 0.563. The highest BCUT2D eigenvalue weighted by atomic mass is 16.5. The van der Waals surface area contributed by atoms with Crippen LogP contribution < -0.4 is 10.6 Å². The minimum absolute atomic E-state index is 0.0238. The maximum atomic E-state index is 13.2. The Kier molecular flexibility index (Phi) is 9.21. The second-order valence-corrected chi connectivity index (χ2v) is 9.76. The first-order valence-corrected chi connectivity index (χ1v) is 11.3. The fraction of sp³-hybridized carbons (Fsp3) is 0.444. The van der Waals surface area contributed by atoms with Crippen LogP contribution in [-0.4, -0.2) is 37.0 Å². The zero-order valence-electron chi connectivity index (χ0n) is 20.5. The molecule has 0 spiro atoms. The van der Waals surface area contributed by atoms with Crippen molar-refractivity contribution in [2.24, 2.45) is 5.92 Å². The highest BCUT2D eigenvalue weighted by molar-refractivity contribution is 5.98. The summed E-state index contributed by atoms with van der Waals surface area (Å²) in [5.74, 6) is -1.09. The second kappa shape index (κ2) is 11.6. The molecule has 2 atom stereocenters. The fourth-order valence-corrected chi connectivity index (χ4v) is 3.52. The van der Waals surface area contributed by atoms with Crippen LogP contribution in [0.2, 0.25) is 0 Å². The summed E-state index contributed by atoms with van der Waals surface area (Å²) < 4.78 is 4.86. The predicted molar refractivity (Wildman–Crippen MR) is 130 cm³/mol. The Labute approximate surface area is 197 Å². The molecule has 2 rings (SSSR count). The summed E-state index contributed by atoms with van der Waals surface area (Å²) in [6, 6.07) is 15.2. The topological polar surface area (TPSA) is 84.5 Å². The number of ether oxygens (including phenoxy) is 1. The maximum Gasteiger partial charge on any atom is 0.328 e. The lowest BCUT2D eigenvalue weighted by molar-refractivity contribution is -0.145. The number of esters is 1. The molecule has 0 bridgehead atoms. The van der Waals surface area contributed by atoms with Crippen LogP contribution in [0.15, 0.2) is 54.6 Å². The highest BCUT2D eigenvalue weighted by Crippen LogP contribution is 2.22. The number of methoxy groups -OCH3 is 1. The van der Waals surface area contributed by atoms with E-state index in [4.69, 9.17) is 4.74 Å². The summed E-state index contributed by atoms with van der Waals surface area (Å²) in [4.78, 5) is 38.4. The average molecular weight is 453 g/mol. The summed E-state index contributed by atoms with van der Waals surface area (Å²) in [6.45, 7) is 10.3. The van der Waals surface area contributed by atoms with E-state index in [0.717, 1.165) is 11.1 Å². The first kappa shape index (κ1) is 26.1. The number of nitrogens with one attached hydrogen (secondary N) is 2. The predicted octanol–water partition coefficient (Wildman–Crippen LogP) is 4.03. The molecule has 0 radical (unpaired) electrons. The molecule has 2 amide bonds. The van der Waals surface area contributed by atoms with Gasteiger partial charge >= 0.3 is 5.97 Å². The number of carbonyl (C=O) groups is 3. The molecular weight excluding hydrogens is 416 g/mol. The van der Waals surface area contributed by atoms with Crippen molar-refractivity contribution in [2.45, 2.75) is 65.0 Å². The van der Waals surface area contributed by atoms with Crippen molar-refractivity contribution < 1.29 is 19.1 Å². The molecule has 2 aromatic carbocycles. The molecule has 0 aromatic heterocycles. The van der Waals surface area contributed by atoms with Gasteiger partial charge in [-0.2, -0.15) is 0 Å². The van der Waals surface area contributed by atoms with Gasteiger partial charge < -0.3 is 15.4 Å². The Morgan fingerprint density at radius 3 is 2.00 bits per heavy atom. The van der Waals surface area contributed by atoms with Crippen molar-refractivity contribution in [3.63, 3.8) is 0 Å². The van der Waals surface area contributed by atoms with E-state index >= 15 is 0 Å². The van der Waals surface area contributed by atoms with Crippen LogP contribution in [0.25, 0.3) is 0 Å². The molecule has 0 saturated heterocycles. The summed E-state index contributed by atoms with van der Waals surface area (Å²) >= 11 is 0. The summed E-state index contributed by atoms with van der Waals surface area (Å²) in [7, 11) is 1.30. The SMILES string of the molecule is COC(=O)[C@@H](CC(C)C)NC(=O)[C@H](Cc1ccccc1)NC(=O)c1ccc(C(C)(C)C)cc1. The molecular formula is C27H36N2O4. The lowest BCUT2D eigenvalue weighted by Crippen LogP contribution is -2.53. The molecule has 0 fully saturated rings. The van der Waals surface area contributed by atoms with E-state index in [1.54, 1.807) is 12.1 Å². The van der Waals surface area contributed by atoms with Gasteiger partial charge in [-0.15, -0.1) is 0 Å². The Balaban J connectivity index is 2.23. The van der Waals surface area contributed by atoms with Crippen LogP contribution in [0.4, 0.5) is 0 Å². The number of hydrogen-bond donors (Lipinski definition) is 2. The third-order valence-electron chi connectivity index (χ3n) is 5.43. The number of amides is 2. The monoisotopic (exact) mass is 452 g/mol. The lowest BCUT2D eigenvalue weighted by Gasteiger charge is -2.23. The van der Waals surface area contributed by atoms with Crippen LogP contribution in [0, 0.1) is 5.92 Å². The molecule has 0 aliphatic carbocycles. The minimum atomic E-state index is -0.846. The van der Waals surface area contributed by atoms with Gasteiger partial charge in [-0.25, -0.2) is 4.79 Å². The van der Waals surface area contributed by atoms with E-state index in [2.05, 4.69) is 31.4 Å². The third-order valence-corrected chi connectivity index (χ3v) is 5.43. The van der Waals surface area contributed by atoms with E-state index in [1.165, 1.54) is 7.11 Å². The van der Waals surface area contributed by atoms with E-state index in [1.807, 2.05) is 56.3 Å². The highest BCUT2D eigenvalue weighted by Gasteiger charge is 2.28. The standard InChI is InChI=1S/C27H36N2O4/c1-18(2)16-23(26(32)33-6)29-25(31)22(17-19-10-8-7-9-11-19)28-24(30)20-12-14-21(15-13-20)27(3,4)5/h7-15,18,22-23H,16-17H2,1-6H3,(H,28,30)(H,29,31)/t22-,23+/m0/s1. The normalized spacial score (nSPS) is 13.2. The first-order valence-electron chi connectivity index (χ1n) is 11.3. The van der Waals surface area contributed by atoms with Crippen LogP contribution >= 0.6 is 0 Å². The van der Waals surface area contributed by atoms with Crippen molar-refractivity contribution in [3.05, 3.63) is 71.3 Å². The van der Waals surface area contributed by atoms with Crippen molar-refractivity contribution in [1.29, 1.82) is 0 Å². The molecule has 2 aromatic rings. The zero-order chi connectivity index (χ0) is 24.6. The van der Waals surface area contributed by atoms with Crippen LogP contribution in [-0.2, 0) is 26.2 Å². The second-order valence-electron chi connectivity index (χ2n) is 9.76. The molecule has 2 N–H and O–H groups in total. The molecule has 6 heteroatoms. The fourth-order valence-electron chi connectivity index (χ4n) is 3.52. The molecule has 0 unspecified atom stereocenters. The van der Waals surface area contributed by atoms with Gasteiger partial charge in [-0.3, -0.25) is 9.59 Å². The van der Waals surface area contributed by atoms with Gasteiger partial charge in [0.05, 0.1) is 7.11 Å². The lowest BCUT2D eigenvalue weighted by atomic mass is 9.86. The Bertz CT molecular complexity index is 931. The van der Waals surface area contributed by atoms with Crippen LogP contribution in [0.1, 0.15) is 62.5 Å². The smallest absolute Gasteiger partial charge is 0.328 e. The molecule has 178 valence electrons. The van der Waals surface area contributed by atoms with Crippen molar-refractivity contribution in [1.82, 2.24) is 10.6 Å². The van der Waals surface area contributed by atoms with Gasteiger partial charge in [0.1, 0.15) is 12.1 Å². The summed E-state index contributed by atoms with van der Waals surface area (Å²) in [5.41, 5.74) is 2.47. The van der Waals surface area contributed by atoms with Gasteiger partial charge in [-0.1, -0.05) is 77.1 Å². The number of hydrogen-bond acceptors (Lipinski definition) is 4. The van der Waals surface area contributed by atoms with Gasteiger partial charge in [0.15, 0.2) is 0 Å². The van der Waals surface area contributed by atoms with E-state index in [-0.39, 0.29) is 17.2 Å². The van der Waals surface area contributed by atoms with Crippen LogP contribution in [0.5, 0.6) is 0 Å². The molecule has 33 heavy (non-hydrogen) atoms. The van der Waals surface area contributed by atoms with Crippen LogP contribution in [0.3, 0.4) is 0 Å². The van der Waals surface area contributed by atoms with Gasteiger partial charge in [-0.05, 0) is 41.0 Å². The number of rotatable bonds is 9. The van der Waals surface area contributed by atoms with E-state index < -0.39 is 24.0 Å². The Hall–Kier alpha value is -3.15. The zero-order valence-corrected chi connectivity index (χ0v) is 20.5. The summed E-state index contributed by atoms with van der Waals surface area (Å²) in [6.07, 6.45) is 0.743. The maximum absolute atomic E-state index is 13.2. The first-order chi connectivity index (χ1) is 15.5. The summed E-state index contributed by atoms with van der Waals surface area (Å²) in [5, 5.41) is 5.63. The van der Waals surface area contributed by atoms with Crippen molar-refractivity contribution in [2.75, 3.05) is 7.11 Å². The molecule has 0 aliphatic rings. The van der Waals surface area contributed by atoms with Crippen molar-refractivity contribution >= 4 is 17.8 Å². The third kappa shape index (κ3) is 8.04. The Morgan fingerprint density at radius 2 is 1.48 bits per heavy atom. The van der Waals surface area contributed by atoms with E-state index in [0.29, 0.717) is 18.4 Å². The molecule has 0 heterocycles. The minimum Gasteiger partial charge on any atom is -0.467 e. The number of benzene rings is 2. The number of carbonyl (C=O) groups excluding carboxylic acids is 3.